The Hall–Kier alpha value is -3.61. The summed E-state index contributed by atoms with van der Waals surface area (Å²) >= 11 is 1.75. The second kappa shape index (κ2) is 10.2. The number of para-hydroxylation sites is 1. The van der Waals surface area contributed by atoms with Gasteiger partial charge in [0.15, 0.2) is 22.2 Å². The molecule has 12 heteroatoms. The molecular weight excluding hydrogens is 520 g/mol. The minimum Gasteiger partial charge on any atom is -0.298 e. The van der Waals surface area contributed by atoms with Crippen molar-refractivity contribution >= 4 is 66.8 Å². The number of carbonyl (C=O) groups excluding carboxylic acids is 3. The van der Waals surface area contributed by atoms with Gasteiger partial charge in [0.05, 0.1) is 21.8 Å². The number of carbonyl (C=O) groups is 3. The smallest absolute Gasteiger partial charge is 0.263 e. The van der Waals surface area contributed by atoms with Crippen LogP contribution in [0, 0.1) is 13.8 Å². The number of hydrogen-bond acceptors (Lipinski definition) is 10. The molecule has 2 heterocycles. The summed E-state index contributed by atoms with van der Waals surface area (Å²) < 4.78 is 27.9. The Morgan fingerprint density at radius 2 is 1.69 bits per heavy atom. The molecule has 0 radical (unpaired) electrons. The number of thioether (sulfide) groups is 1. The molecule has 4 rings (SSSR count). The van der Waals surface area contributed by atoms with Gasteiger partial charge in [0.1, 0.15) is 9.91 Å². The number of aryl methyl sites for hydroxylation is 2. The second-order valence-corrected chi connectivity index (χ2v) is 11.4. The summed E-state index contributed by atoms with van der Waals surface area (Å²) in [5, 5.41) is 5.97. The van der Waals surface area contributed by atoms with E-state index in [1.54, 1.807) is 49.4 Å². The molecule has 1 aliphatic rings. The maximum Gasteiger partial charge on any atom is 0.263 e. The van der Waals surface area contributed by atoms with Crippen LogP contribution in [0.3, 0.4) is 0 Å². The topological polar surface area (TPSA) is 126 Å². The van der Waals surface area contributed by atoms with E-state index in [1.807, 2.05) is 6.92 Å². The molecule has 9 nitrogen and oxygen atoms in total. The van der Waals surface area contributed by atoms with Crippen molar-refractivity contribution < 1.29 is 22.8 Å². The molecule has 3 aromatic rings. The monoisotopic (exact) mass is 540 g/mol. The van der Waals surface area contributed by atoms with Gasteiger partial charge >= 0.3 is 0 Å². The van der Waals surface area contributed by atoms with E-state index in [2.05, 4.69) is 14.8 Å². The van der Waals surface area contributed by atoms with Crippen LogP contribution in [-0.4, -0.2) is 36.3 Å². The molecule has 1 aromatic heterocycles. The van der Waals surface area contributed by atoms with Gasteiger partial charge in [0.25, 0.3) is 10.0 Å². The predicted octanol–water partition coefficient (Wildman–Crippen LogP) is 4.31. The standard InChI is InChI=1S/C24H20N4O5S3/c1-14-9-11-18(12-10-14)36(32,33)27-24-25-15(2)21(34-24)20(31)19(13-29)23-28(17-7-5-4-6-8-17)26-22(35-23)16(3)30/h4-13H,1-3H3,(H,25,27)/b23-19+. The van der Waals surface area contributed by atoms with Crippen LogP contribution in [0.25, 0.3) is 0 Å². The zero-order chi connectivity index (χ0) is 26.0. The molecule has 0 bridgehead atoms. The number of ketones is 2. The lowest BCUT2D eigenvalue weighted by Gasteiger charge is -2.16. The fraction of sp³-hybridized carbons (Fsp3) is 0.125. The first-order valence-corrected chi connectivity index (χ1v) is 13.7. The van der Waals surface area contributed by atoms with E-state index in [4.69, 9.17) is 0 Å². The van der Waals surface area contributed by atoms with Gasteiger partial charge < -0.3 is 0 Å². The quantitative estimate of drug-likeness (QED) is 0.147. The maximum absolute atomic E-state index is 13.5. The number of thiazole rings is 1. The van der Waals surface area contributed by atoms with Crippen molar-refractivity contribution in [3.05, 3.63) is 81.3 Å². The lowest BCUT2D eigenvalue weighted by molar-refractivity contribution is -0.110. The van der Waals surface area contributed by atoms with Crippen LogP contribution in [0.5, 0.6) is 0 Å². The Morgan fingerprint density at radius 3 is 2.31 bits per heavy atom. The maximum atomic E-state index is 13.5. The Kier molecular flexibility index (Phi) is 7.20. The molecular formula is C24H20N4O5S3. The molecule has 0 unspecified atom stereocenters. The Balaban J connectivity index is 1.69. The van der Waals surface area contributed by atoms with Gasteiger partial charge in [-0.3, -0.25) is 19.1 Å². The molecule has 36 heavy (non-hydrogen) atoms. The molecule has 1 aliphatic heterocycles. The minimum atomic E-state index is -3.93. The highest BCUT2D eigenvalue weighted by molar-refractivity contribution is 8.19. The van der Waals surface area contributed by atoms with Crippen molar-refractivity contribution in [2.45, 2.75) is 25.7 Å². The molecule has 0 spiro atoms. The first-order chi connectivity index (χ1) is 17.1. The fourth-order valence-corrected chi connectivity index (χ4v) is 6.30. The second-order valence-electron chi connectivity index (χ2n) is 7.73. The lowest BCUT2D eigenvalue weighted by Crippen LogP contribution is -2.16. The van der Waals surface area contributed by atoms with E-state index < -0.39 is 15.8 Å². The van der Waals surface area contributed by atoms with Crippen LogP contribution in [0.15, 0.2) is 75.2 Å². The third-order valence-electron chi connectivity index (χ3n) is 5.03. The van der Waals surface area contributed by atoms with Crippen molar-refractivity contribution in [1.82, 2.24) is 4.98 Å². The average molecular weight is 541 g/mol. The van der Waals surface area contributed by atoms with Crippen molar-refractivity contribution in [1.29, 1.82) is 0 Å². The van der Waals surface area contributed by atoms with E-state index in [1.165, 1.54) is 24.1 Å². The summed E-state index contributed by atoms with van der Waals surface area (Å²) in [6.45, 7) is 4.74. The summed E-state index contributed by atoms with van der Waals surface area (Å²) in [5.74, 6) is -0.959. The molecule has 184 valence electrons. The molecule has 2 aromatic carbocycles. The lowest BCUT2D eigenvalue weighted by atomic mass is 10.1. The first kappa shape index (κ1) is 25.5. The first-order valence-electron chi connectivity index (χ1n) is 10.5. The number of rotatable bonds is 8. The normalized spacial score (nSPS) is 14.9. The van der Waals surface area contributed by atoms with Crippen molar-refractivity contribution in [3.63, 3.8) is 0 Å². The SMILES string of the molecule is CC(=O)C1=NN(c2ccccc2)/C(=C(/C=O)C(=O)c2sc(NS(=O)(=O)c3ccc(C)cc3)nc2C)S1. The molecule has 0 fully saturated rings. The number of allylic oxidation sites excluding steroid dienone is 1. The van der Waals surface area contributed by atoms with Gasteiger partial charge in [-0.2, -0.15) is 5.10 Å². The van der Waals surface area contributed by atoms with Gasteiger partial charge in [-0.25, -0.2) is 18.4 Å². The van der Waals surface area contributed by atoms with Crippen molar-refractivity contribution in [2.75, 3.05) is 9.73 Å². The highest BCUT2D eigenvalue weighted by Crippen LogP contribution is 2.38. The summed E-state index contributed by atoms with van der Waals surface area (Å²) in [5.41, 5.74) is 1.51. The molecule has 0 atom stereocenters. The minimum absolute atomic E-state index is 0.00802. The van der Waals surface area contributed by atoms with Crippen LogP contribution in [0.2, 0.25) is 0 Å². The molecule has 0 amide bonds. The highest BCUT2D eigenvalue weighted by Gasteiger charge is 2.32. The van der Waals surface area contributed by atoms with E-state index in [9.17, 15) is 22.8 Å². The third kappa shape index (κ3) is 5.15. The number of nitrogens with zero attached hydrogens (tertiary/aromatic N) is 3. The van der Waals surface area contributed by atoms with E-state index >= 15 is 0 Å². The molecule has 0 aliphatic carbocycles. The molecule has 0 saturated carbocycles. The van der Waals surface area contributed by atoms with Crippen molar-refractivity contribution in [3.8, 4) is 0 Å². The third-order valence-corrected chi connectivity index (χ3v) is 8.73. The van der Waals surface area contributed by atoms with E-state index in [-0.39, 0.29) is 42.0 Å². The average Bonchev–Trinajstić information content (AvgIpc) is 3.44. The zero-order valence-corrected chi connectivity index (χ0v) is 21.8. The Morgan fingerprint density at radius 1 is 1.03 bits per heavy atom. The fourth-order valence-electron chi connectivity index (χ4n) is 3.21. The summed E-state index contributed by atoms with van der Waals surface area (Å²) in [7, 11) is -3.93. The number of aldehydes is 1. The van der Waals surface area contributed by atoms with Gasteiger partial charge in [-0.15, -0.1) is 0 Å². The van der Waals surface area contributed by atoms with Gasteiger partial charge in [0.2, 0.25) is 5.78 Å². The van der Waals surface area contributed by atoms with Gasteiger partial charge in [-0.1, -0.05) is 47.2 Å². The van der Waals surface area contributed by atoms with Crippen LogP contribution in [-0.2, 0) is 19.6 Å². The van der Waals surface area contributed by atoms with Crippen molar-refractivity contribution in [2.24, 2.45) is 5.10 Å². The number of sulfonamides is 1. The number of hydrogen-bond donors (Lipinski definition) is 1. The highest BCUT2D eigenvalue weighted by atomic mass is 32.2. The van der Waals surface area contributed by atoms with Gasteiger partial charge in [-0.05, 0) is 49.9 Å². The summed E-state index contributed by atoms with van der Waals surface area (Å²) in [6, 6.07) is 15.1. The predicted molar refractivity (Wildman–Crippen MR) is 141 cm³/mol. The summed E-state index contributed by atoms with van der Waals surface area (Å²) in [6.07, 6.45) is 0.411. The number of nitrogens with one attached hydrogen (secondary N) is 1. The number of anilines is 2. The van der Waals surface area contributed by atoms with E-state index in [0.717, 1.165) is 28.7 Å². The number of aromatic nitrogens is 1. The van der Waals surface area contributed by atoms with Crippen LogP contribution in [0.1, 0.15) is 27.9 Å². The van der Waals surface area contributed by atoms with Crippen LogP contribution < -0.4 is 9.73 Å². The molecule has 1 N–H and O–H groups in total. The Labute approximate surface area is 216 Å². The molecule has 0 saturated heterocycles. The summed E-state index contributed by atoms with van der Waals surface area (Å²) in [4.78, 5) is 41.9. The van der Waals surface area contributed by atoms with Crippen LogP contribution in [0.4, 0.5) is 10.8 Å². The van der Waals surface area contributed by atoms with E-state index in [0.29, 0.717) is 12.0 Å². The number of Topliss-reactive ketones (excluding diaryl/α,β-unsaturated/α-hetero) is 2. The number of benzene rings is 2. The number of hydrazone groups is 1. The Bertz CT molecular complexity index is 1530. The zero-order valence-electron chi connectivity index (χ0n) is 19.4. The van der Waals surface area contributed by atoms with Crippen LogP contribution >= 0.6 is 23.1 Å². The largest absolute Gasteiger partial charge is 0.298 e. The van der Waals surface area contributed by atoms with Gasteiger partial charge in [0, 0.05) is 6.92 Å².